The Hall–Kier alpha value is -2.69. The summed E-state index contributed by atoms with van der Waals surface area (Å²) in [7, 11) is 0. The molecule has 1 amide bonds. The molecule has 0 spiro atoms. The number of benzene rings is 3. The fourth-order valence-electron chi connectivity index (χ4n) is 2.65. The molecule has 0 aliphatic carbocycles. The van der Waals surface area contributed by atoms with Crippen molar-refractivity contribution in [1.82, 2.24) is 0 Å². The van der Waals surface area contributed by atoms with E-state index in [4.69, 9.17) is 32.7 Å². The maximum Gasteiger partial charge on any atom is 0.270 e. The van der Waals surface area contributed by atoms with E-state index in [-0.39, 0.29) is 10.9 Å². The first kappa shape index (κ1) is 20.1. The highest BCUT2D eigenvalue weighted by Crippen LogP contribution is 2.35. The molecule has 6 heteroatoms. The molecule has 0 saturated carbocycles. The number of hydrogen-bond donors (Lipinski definition) is 1. The van der Waals surface area contributed by atoms with Crippen LogP contribution in [-0.4, -0.2) is 12.5 Å². The second kappa shape index (κ2) is 9.49. The van der Waals surface area contributed by atoms with Crippen LogP contribution in [0.25, 0.3) is 0 Å². The zero-order valence-corrected chi connectivity index (χ0v) is 16.7. The fraction of sp³-hybridized carbons (Fsp3) is 0.136. The fourth-order valence-corrected chi connectivity index (χ4v) is 2.99. The number of carbonyl (C=O) groups is 1. The summed E-state index contributed by atoms with van der Waals surface area (Å²) in [5, 5.41) is 3.49. The van der Waals surface area contributed by atoms with Crippen molar-refractivity contribution in [2.75, 3.05) is 11.9 Å². The van der Waals surface area contributed by atoms with E-state index in [2.05, 4.69) is 5.32 Å². The summed E-state index contributed by atoms with van der Waals surface area (Å²) in [5.74, 6) is 0.566. The molecule has 0 saturated heterocycles. The highest BCUT2D eigenvalue weighted by atomic mass is 35.5. The minimum Gasteiger partial charge on any atom is -0.492 e. The first-order chi connectivity index (χ1) is 13.6. The van der Waals surface area contributed by atoms with Crippen LogP contribution in [0.3, 0.4) is 0 Å². The molecule has 144 valence electrons. The summed E-state index contributed by atoms with van der Waals surface area (Å²) in [6, 6.07) is 21.5. The number of halogens is 2. The molecule has 0 aromatic heterocycles. The predicted octanol–water partition coefficient (Wildman–Crippen LogP) is 6.15. The summed E-state index contributed by atoms with van der Waals surface area (Å²) in [5.41, 5.74) is 1.25. The topological polar surface area (TPSA) is 47.6 Å². The van der Waals surface area contributed by atoms with E-state index in [0.717, 1.165) is 0 Å². The number of nitrogens with one attached hydrogen (secondary N) is 1. The maximum atomic E-state index is 13.1. The summed E-state index contributed by atoms with van der Waals surface area (Å²) in [6.07, 6.45) is -0.924. The average molecular weight is 416 g/mol. The molecule has 0 fully saturated rings. The molecule has 1 N–H and O–H groups in total. The predicted molar refractivity (Wildman–Crippen MR) is 113 cm³/mol. The highest BCUT2D eigenvalue weighted by molar-refractivity contribution is 6.42. The molecular formula is C22H19Cl2NO3. The van der Waals surface area contributed by atoms with E-state index in [1.807, 2.05) is 49.4 Å². The SMILES string of the molecule is CCOc1ccccc1NC(=O)[C@@H](Oc1cccc(Cl)c1Cl)c1ccccc1. The lowest BCUT2D eigenvalue weighted by molar-refractivity contribution is -0.123. The van der Waals surface area contributed by atoms with Crippen molar-refractivity contribution in [2.24, 2.45) is 0 Å². The van der Waals surface area contributed by atoms with Crippen molar-refractivity contribution in [3.8, 4) is 11.5 Å². The van der Waals surface area contributed by atoms with Gasteiger partial charge in [-0.25, -0.2) is 0 Å². The van der Waals surface area contributed by atoms with E-state index in [0.29, 0.717) is 34.4 Å². The molecule has 28 heavy (non-hydrogen) atoms. The van der Waals surface area contributed by atoms with Crippen LogP contribution >= 0.6 is 23.2 Å². The molecule has 0 heterocycles. The van der Waals surface area contributed by atoms with Crippen molar-refractivity contribution < 1.29 is 14.3 Å². The van der Waals surface area contributed by atoms with Gasteiger partial charge in [-0.15, -0.1) is 0 Å². The van der Waals surface area contributed by atoms with Gasteiger partial charge in [0.2, 0.25) is 6.10 Å². The summed E-state index contributed by atoms with van der Waals surface area (Å²) < 4.78 is 11.6. The normalized spacial score (nSPS) is 11.5. The van der Waals surface area contributed by atoms with Crippen molar-refractivity contribution in [3.05, 3.63) is 88.4 Å². The molecule has 0 aliphatic rings. The van der Waals surface area contributed by atoms with Gasteiger partial charge in [0.25, 0.3) is 5.91 Å². The van der Waals surface area contributed by atoms with Gasteiger partial charge in [-0.2, -0.15) is 0 Å². The first-order valence-electron chi connectivity index (χ1n) is 8.78. The number of carbonyl (C=O) groups excluding carboxylic acids is 1. The van der Waals surface area contributed by atoms with E-state index in [1.54, 1.807) is 30.3 Å². The molecule has 3 aromatic rings. The highest BCUT2D eigenvalue weighted by Gasteiger charge is 2.25. The van der Waals surface area contributed by atoms with E-state index in [1.165, 1.54) is 0 Å². The molecule has 0 unspecified atom stereocenters. The van der Waals surface area contributed by atoms with Crippen molar-refractivity contribution in [3.63, 3.8) is 0 Å². The molecule has 0 radical (unpaired) electrons. The molecule has 1 atom stereocenters. The van der Waals surface area contributed by atoms with E-state index in [9.17, 15) is 4.79 Å². The van der Waals surface area contributed by atoms with E-state index < -0.39 is 6.10 Å². The van der Waals surface area contributed by atoms with Gasteiger partial charge in [0.05, 0.1) is 17.3 Å². The monoisotopic (exact) mass is 415 g/mol. The molecule has 3 aromatic carbocycles. The van der Waals surface area contributed by atoms with Crippen LogP contribution in [0.2, 0.25) is 10.0 Å². The van der Waals surface area contributed by atoms with Gasteiger partial charge < -0.3 is 14.8 Å². The Labute approximate surface area is 174 Å². The minimum atomic E-state index is -0.924. The van der Waals surface area contributed by atoms with Crippen molar-refractivity contribution in [1.29, 1.82) is 0 Å². The van der Waals surface area contributed by atoms with Gasteiger partial charge in [-0.1, -0.05) is 71.7 Å². The van der Waals surface area contributed by atoms with Gasteiger partial charge >= 0.3 is 0 Å². The Morgan fingerprint density at radius 1 is 0.929 bits per heavy atom. The van der Waals surface area contributed by atoms with Crippen LogP contribution in [-0.2, 0) is 4.79 Å². The van der Waals surface area contributed by atoms with Gasteiger partial charge in [-0.3, -0.25) is 4.79 Å². The maximum absolute atomic E-state index is 13.1. The third-order valence-electron chi connectivity index (χ3n) is 3.95. The van der Waals surface area contributed by atoms with Gasteiger partial charge in [-0.05, 0) is 31.2 Å². The number of anilines is 1. The molecule has 0 bridgehead atoms. The number of hydrogen-bond acceptors (Lipinski definition) is 3. The average Bonchev–Trinajstić information content (AvgIpc) is 2.71. The Kier molecular flexibility index (Phi) is 6.80. The number of ether oxygens (including phenoxy) is 2. The third-order valence-corrected chi connectivity index (χ3v) is 4.75. The van der Waals surface area contributed by atoms with Crippen LogP contribution in [0.1, 0.15) is 18.6 Å². The van der Waals surface area contributed by atoms with Crippen LogP contribution in [0, 0.1) is 0 Å². The second-order valence-corrected chi connectivity index (χ2v) is 6.66. The summed E-state index contributed by atoms with van der Waals surface area (Å²) >= 11 is 12.3. The second-order valence-electron chi connectivity index (χ2n) is 5.88. The Bertz CT molecular complexity index is 948. The molecular weight excluding hydrogens is 397 g/mol. The van der Waals surface area contributed by atoms with Crippen LogP contribution in [0.4, 0.5) is 5.69 Å². The Morgan fingerprint density at radius 3 is 2.36 bits per heavy atom. The number of para-hydroxylation sites is 2. The van der Waals surface area contributed by atoms with Crippen LogP contribution in [0.5, 0.6) is 11.5 Å². The summed E-state index contributed by atoms with van der Waals surface area (Å²) in [6.45, 7) is 2.37. The van der Waals surface area contributed by atoms with E-state index >= 15 is 0 Å². The summed E-state index contributed by atoms with van der Waals surface area (Å²) in [4.78, 5) is 13.1. The largest absolute Gasteiger partial charge is 0.492 e. The lowest BCUT2D eigenvalue weighted by atomic mass is 10.1. The molecule has 4 nitrogen and oxygen atoms in total. The van der Waals surface area contributed by atoms with Gasteiger partial charge in [0.1, 0.15) is 16.5 Å². The lowest BCUT2D eigenvalue weighted by Gasteiger charge is -2.21. The quantitative estimate of drug-likeness (QED) is 0.503. The zero-order valence-electron chi connectivity index (χ0n) is 15.2. The van der Waals surface area contributed by atoms with Crippen LogP contribution < -0.4 is 14.8 Å². The standard InChI is InChI=1S/C22H19Cl2NO3/c1-2-27-18-13-7-6-12-17(18)25-22(26)21(15-9-4-3-5-10-15)28-19-14-8-11-16(23)20(19)24/h3-14,21H,2H2,1H3,(H,25,26)/t21-/m0/s1. The lowest BCUT2D eigenvalue weighted by Crippen LogP contribution is -2.26. The van der Waals surface area contributed by atoms with Gasteiger partial charge in [0, 0.05) is 5.56 Å². The Balaban J connectivity index is 1.91. The minimum absolute atomic E-state index is 0.257. The van der Waals surface area contributed by atoms with Crippen molar-refractivity contribution >= 4 is 34.8 Å². The number of rotatable bonds is 7. The Morgan fingerprint density at radius 2 is 1.61 bits per heavy atom. The third kappa shape index (κ3) is 4.77. The van der Waals surface area contributed by atoms with Crippen LogP contribution in [0.15, 0.2) is 72.8 Å². The first-order valence-corrected chi connectivity index (χ1v) is 9.54. The molecule has 0 aliphatic heterocycles. The smallest absolute Gasteiger partial charge is 0.270 e. The molecule has 3 rings (SSSR count). The van der Waals surface area contributed by atoms with Crippen molar-refractivity contribution in [2.45, 2.75) is 13.0 Å². The number of amides is 1. The zero-order chi connectivity index (χ0) is 19.9. The van der Waals surface area contributed by atoms with Gasteiger partial charge in [0.15, 0.2) is 0 Å².